The summed E-state index contributed by atoms with van der Waals surface area (Å²) in [7, 11) is 0. The Morgan fingerprint density at radius 2 is 2.16 bits per heavy atom. The number of ether oxygens (including phenoxy) is 1. The third-order valence-electron chi connectivity index (χ3n) is 2.41. The highest BCUT2D eigenvalue weighted by molar-refractivity contribution is 6.31. The summed E-state index contributed by atoms with van der Waals surface area (Å²) in [6, 6.07) is 10.8. The van der Waals surface area contributed by atoms with Crippen molar-refractivity contribution in [3.8, 4) is 5.75 Å². The van der Waals surface area contributed by atoms with Crippen LogP contribution in [0.3, 0.4) is 0 Å². The van der Waals surface area contributed by atoms with E-state index in [1.54, 1.807) is 6.07 Å². The van der Waals surface area contributed by atoms with Gasteiger partial charge in [0, 0.05) is 11.6 Å². The lowest BCUT2D eigenvalue weighted by molar-refractivity contribution is -0.385. The number of nitro groups is 1. The van der Waals surface area contributed by atoms with Gasteiger partial charge in [-0.15, -0.1) is 0 Å². The number of hydrogen-bond donors (Lipinski definition) is 0. The summed E-state index contributed by atoms with van der Waals surface area (Å²) in [5, 5.41) is 10.7. The van der Waals surface area contributed by atoms with E-state index in [9.17, 15) is 14.5 Å². The van der Waals surface area contributed by atoms with E-state index < -0.39 is 10.7 Å². The highest BCUT2D eigenvalue weighted by Crippen LogP contribution is 2.22. The summed E-state index contributed by atoms with van der Waals surface area (Å²) in [4.78, 5) is 9.89. The molecule has 0 fully saturated rings. The van der Waals surface area contributed by atoms with Crippen LogP contribution in [-0.4, -0.2) is 4.92 Å². The van der Waals surface area contributed by atoms with Crippen LogP contribution in [0.25, 0.3) is 0 Å². The van der Waals surface area contributed by atoms with Crippen LogP contribution in [0.4, 0.5) is 10.1 Å². The van der Waals surface area contributed by atoms with Gasteiger partial charge in [-0.1, -0.05) is 17.7 Å². The standard InChI is InChI=1S/C13H8ClFNO3/c14-12-2-1-3-13(15)11(12)8-19-10-6-4-9(5-7-10)16(17)18/h1-4,6-7H,8H2. The molecule has 0 aliphatic rings. The van der Waals surface area contributed by atoms with E-state index in [1.165, 1.54) is 30.3 Å². The first kappa shape index (κ1) is 13.3. The van der Waals surface area contributed by atoms with Crippen LogP contribution in [0.5, 0.6) is 5.75 Å². The molecule has 0 unspecified atom stereocenters. The molecule has 97 valence electrons. The Kier molecular flexibility index (Phi) is 3.97. The Labute approximate surface area is 113 Å². The lowest BCUT2D eigenvalue weighted by Gasteiger charge is -2.08. The average molecular weight is 281 g/mol. The topological polar surface area (TPSA) is 52.4 Å². The summed E-state index contributed by atoms with van der Waals surface area (Å²) < 4.78 is 18.8. The molecule has 0 saturated heterocycles. The fourth-order valence-corrected chi connectivity index (χ4v) is 1.65. The maximum atomic E-state index is 13.5. The van der Waals surface area contributed by atoms with Crippen molar-refractivity contribution < 1.29 is 14.1 Å². The van der Waals surface area contributed by atoms with Crippen molar-refractivity contribution >= 4 is 17.3 Å². The zero-order chi connectivity index (χ0) is 13.8. The zero-order valence-electron chi connectivity index (χ0n) is 9.60. The highest BCUT2D eigenvalue weighted by Gasteiger charge is 2.09. The first-order chi connectivity index (χ1) is 9.08. The molecule has 0 aliphatic carbocycles. The quantitative estimate of drug-likeness (QED) is 0.633. The van der Waals surface area contributed by atoms with E-state index in [4.69, 9.17) is 16.3 Å². The van der Waals surface area contributed by atoms with Gasteiger partial charge in [0.05, 0.1) is 16.0 Å². The van der Waals surface area contributed by atoms with E-state index in [-0.39, 0.29) is 22.9 Å². The molecule has 0 atom stereocenters. The number of benzene rings is 2. The predicted octanol–water partition coefficient (Wildman–Crippen LogP) is 3.77. The maximum Gasteiger partial charge on any atom is 0.277 e. The Balaban J connectivity index is 2.08. The molecule has 0 aromatic heterocycles. The SMILES string of the molecule is O=[N+]([O-])c1[c]cc(OCc2c(F)cccc2Cl)cc1. The normalized spacial score (nSPS) is 10.2. The van der Waals surface area contributed by atoms with E-state index in [1.807, 2.05) is 0 Å². The molecule has 0 aliphatic heterocycles. The lowest BCUT2D eigenvalue weighted by Crippen LogP contribution is -1.99. The number of hydrogen-bond acceptors (Lipinski definition) is 3. The molecule has 0 spiro atoms. The Bertz CT molecular complexity index is 581. The monoisotopic (exact) mass is 280 g/mol. The summed E-state index contributed by atoms with van der Waals surface area (Å²) in [5.74, 6) is -0.108. The minimum atomic E-state index is -0.558. The van der Waals surface area contributed by atoms with Gasteiger partial charge < -0.3 is 4.74 Å². The van der Waals surface area contributed by atoms with Crippen molar-refractivity contribution in [1.29, 1.82) is 0 Å². The van der Waals surface area contributed by atoms with Crippen LogP contribution in [0.2, 0.25) is 5.02 Å². The Morgan fingerprint density at radius 1 is 1.37 bits per heavy atom. The fraction of sp³-hybridized carbons (Fsp3) is 0.0769. The smallest absolute Gasteiger partial charge is 0.277 e. The van der Waals surface area contributed by atoms with Gasteiger partial charge in [-0.3, -0.25) is 10.1 Å². The second-order valence-corrected chi connectivity index (χ2v) is 4.06. The van der Waals surface area contributed by atoms with Crippen LogP contribution in [0.1, 0.15) is 5.56 Å². The van der Waals surface area contributed by atoms with Crippen LogP contribution in [0.15, 0.2) is 36.4 Å². The molecule has 0 heterocycles. The first-order valence-electron chi connectivity index (χ1n) is 5.30. The van der Waals surface area contributed by atoms with Crippen molar-refractivity contribution in [1.82, 2.24) is 0 Å². The van der Waals surface area contributed by atoms with E-state index >= 15 is 0 Å². The molecule has 19 heavy (non-hydrogen) atoms. The van der Waals surface area contributed by atoms with Gasteiger partial charge in [-0.25, -0.2) is 4.39 Å². The van der Waals surface area contributed by atoms with Crippen molar-refractivity contribution in [2.24, 2.45) is 0 Å². The summed E-state index contributed by atoms with van der Waals surface area (Å²) in [6.07, 6.45) is 0. The number of rotatable bonds is 4. The largest absolute Gasteiger partial charge is 0.489 e. The number of non-ortho nitro benzene ring substituents is 1. The number of halogens is 2. The molecule has 2 aromatic carbocycles. The van der Waals surface area contributed by atoms with Gasteiger partial charge in [0.2, 0.25) is 0 Å². The maximum absolute atomic E-state index is 13.5. The second kappa shape index (κ2) is 5.67. The van der Waals surface area contributed by atoms with Crippen LogP contribution >= 0.6 is 11.6 Å². The van der Waals surface area contributed by atoms with Crippen LogP contribution < -0.4 is 4.74 Å². The van der Waals surface area contributed by atoms with Gasteiger partial charge in [0.15, 0.2) is 0 Å². The third kappa shape index (κ3) is 3.20. The molecule has 0 bridgehead atoms. The van der Waals surface area contributed by atoms with E-state index in [0.29, 0.717) is 5.75 Å². The molecular weight excluding hydrogens is 273 g/mol. The van der Waals surface area contributed by atoms with Gasteiger partial charge in [-0.2, -0.15) is 0 Å². The zero-order valence-corrected chi connectivity index (χ0v) is 10.4. The first-order valence-corrected chi connectivity index (χ1v) is 5.67. The Hall–Kier alpha value is -2.14. The summed E-state index contributed by atoms with van der Waals surface area (Å²) in [5.41, 5.74) is 0.0822. The molecular formula is C13H8ClFNO3. The number of nitrogens with zero attached hydrogens (tertiary/aromatic N) is 1. The summed E-state index contributed by atoms with van der Waals surface area (Å²) >= 11 is 5.85. The van der Waals surface area contributed by atoms with Crippen molar-refractivity contribution in [2.75, 3.05) is 0 Å². The van der Waals surface area contributed by atoms with Gasteiger partial charge in [0.1, 0.15) is 18.2 Å². The predicted molar refractivity (Wildman–Crippen MR) is 67.7 cm³/mol. The van der Waals surface area contributed by atoms with Gasteiger partial charge in [-0.05, 0) is 24.3 Å². The molecule has 1 radical (unpaired) electrons. The molecule has 2 aromatic rings. The van der Waals surface area contributed by atoms with Crippen LogP contribution in [0, 0.1) is 22.0 Å². The molecule has 4 nitrogen and oxygen atoms in total. The van der Waals surface area contributed by atoms with E-state index in [2.05, 4.69) is 6.07 Å². The second-order valence-electron chi connectivity index (χ2n) is 3.66. The van der Waals surface area contributed by atoms with Gasteiger partial charge >= 0.3 is 0 Å². The molecule has 6 heteroatoms. The van der Waals surface area contributed by atoms with E-state index in [0.717, 1.165) is 0 Å². The molecule has 2 rings (SSSR count). The Morgan fingerprint density at radius 3 is 2.74 bits per heavy atom. The van der Waals surface area contributed by atoms with Crippen molar-refractivity contribution in [3.05, 3.63) is 69.0 Å². The minimum Gasteiger partial charge on any atom is -0.489 e. The molecule has 0 saturated carbocycles. The summed E-state index contributed by atoms with van der Waals surface area (Å²) in [6.45, 7) is -0.0584. The number of nitro benzene ring substituents is 1. The fourth-order valence-electron chi connectivity index (χ4n) is 1.43. The molecule has 0 amide bonds. The van der Waals surface area contributed by atoms with Crippen molar-refractivity contribution in [2.45, 2.75) is 6.61 Å². The van der Waals surface area contributed by atoms with Gasteiger partial charge in [0.25, 0.3) is 5.69 Å². The average Bonchev–Trinajstić information content (AvgIpc) is 2.38. The third-order valence-corrected chi connectivity index (χ3v) is 2.76. The minimum absolute atomic E-state index is 0.0584. The molecule has 0 N–H and O–H groups in total. The van der Waals surface area contributed by atoms with Crippen molar-refractivity contribution in [3.63, 3.8) is 0 Å². The highest BCUT2D eigenvalue weighted by atomic mass is 35.5. The van der Waals surface area contributed by atoms with Crippen LogP contribution in [-0.2, 0) is 6.61 Å². The lowest BCUT2D eigenvalue weighted by atomic mass is 10.2.